The number of carbonyl (C=O) groups is 3. The molecule has 12 nitrogen and oxygen atoms in total. The summed E-state index contributed by atoms with van der Waals surface area (Å²) in [6.07, 6.45) is 5.24. The Kier molecular flexibility index (Phi) is 12.5. The second-order valence-electron chi connectivity index (χ2n) is 14.5. The quantitative estimate of drug-likeness (QED) is 0.133. The third kappa shape index (κ3) is 10.1. The number of nitrogens with zero attached hydrogens (tertiary/aromatic N) is 5. The van der Waals surface area contributed by atoms with Crippen molar-refractivity contribution in [2.24, 2.45) is 5.92 Å². The van der Waals surface area contributed by atoms with Gasteiger partial charge in [-0.25, -0.2) is 9.37 Å². The summed E-state index contributed by atoms with van der Waals surface area (Å²) >= 11 is 6.24. The molecule has 0 aliphatic carbocycles. The average Bonchev–Trinajstić information content (AvgIpc) is 3.17. The maximum atomic E-state index is 14.0. The zero-order valence-corrected chi connectivity index (χ0v) is 31.7. The predicted molar refractivity (Wildman–Crippen MR) is 210 cm³/mol. The molecule has 5 aromatic rings. The molecule has 1 aliphatic heterocycles. The number of hydrogen-bond acceptors (Lipinski definition) is 8. The number of aromatic nitrogens is 3. The topological polar surface area (TPSA) is 150 Å². The fourth-order valence-corrected chi connectivity index (χ4v) is 7.11. The second kappa shape index (κ2) is 17.5. The Morgan fingerprint density at radius 2 is 1.71 bits per heavy atom. The van der Waals surface area contributed by atoms with Crippen LogP contribution < -0.4 is 16.2 Å². The first-order valence-corrected chi connectivity index (χ1v) is 18.8. The molecule has 14 heteroatoms. The summed E-state index contributed by atoms with van der Waals surface area (Å²) in [6, 6.07) is 17.9. The number of amides is 3. The molecule has 1 atom stereocenters. The molecule has 288 valence electrons. The van der Waals surface area contributed by atoms with Gasteiger partial charge >= 0.3 is 0 Å². The Bertz CT molecular complexity index is 2240. The lowest BCUT2D eigenvalue weighted by molar-refractivity contribution is -0.140. The van der Waals surface area contributed by atoms with Crippen molar-refractivity contribution in [2.45, 2.75) is 50.7 Å². The van der Waals surface area contributed by atoms with Crippen LogP contribution in [0.4, 0.5) is 10.1 Å². The van der Waals surface area contributed by atoms with Crippen molar-refractivity contribution in [3.63, 3.8) is 0 Å². The van der Waals surface area contributed by atoms with Crippen molar-refractivity contribution in [1.29, 1.82) is 0 Å². The Morgan fingerprint density at radius 3 is 2.45 bits per heavy atom. The van der Waals surface area contributed by atoms with Gasteiger partial charge in [0.2, 0.25) is 11.8 Å². The molecule has 0 saturated carbocycles. The van der Waals surface area contributed by atoms with Gasteiger partial charge in [0.25, 0.3) is 11.5 Å². The van der Waals surface area contributed by atoms with Gasteiger partial charge in [0.1, 0.15) is 5.82 Å². The molecule has 1 unspecified atom stereocenters. The molecule has 55 heavy (non-hydrogen) atoms. The van der Waals surface area contributed by atoms with Gasteiger partial charge in [-0.1, -0.05) is 29.8 Å². The minimum atomic E-state index is -1.24. The Labute approximate surface area is 323 Å². The lowest BCUT2D eigenvalue weighted by atomic mass is 9.88. The van der Waals surface area contributed by atoms with Crippen molar-refractivity contribution in [3.8, 4) is 0 Å². The van der Waals surface area contributed by atoms with Crippen molar-refractivity contribution < 1.29 is 23.9 Å². The van der Waals surface area contributed by atoms with Crippen LogP contribution in [0.2, 0.25) is 5.02 Å². The highest BCUT2D eigenvalue weighted by Gasteiger charge is 2.36. The maximum Gasteiger partial charge on any atom is 0.261 e. The van der Waals surface area contributed by atoms with Crippen LogP contribution in [0.15, 0.2) is 84.0 Å². The summed E-state index contributed by atoms with van der Waals surface area (Å²) < 4.78 is 15.1. The van der Waals surface area contributed by atoms with Crippen LogP contribution in [0.25, 0.3) is 21.8 Å². The standard InChI is InChI=1S/C41H45ClFN7O5/c1-48(2)19-14-37(51)47-31-10-12-33-36(24-31)46-26-50(40(33)54)25-41(55)15-20-49(21-16-41)39(53)29(22-27-5-8-30(43)9-6-27)4-3-17-45-38(52)28-7-11-32-34(42)13-18-44-35(32)23-28/h5-13,18,23-24,26,29,55H,3-4,14-17,19-22,25H2,1-2H3,(H,45,52)(H,47,51). The molecule has 0 spiro atoms. The summed E-state index contributed by atoms with van der Waals surface area (Å²) in [5.41, 5.74) is 1.32. The molecule has 6 rings (SSSR count). The summed E-state index contributed by atoms with van der Waals surface area (Å²) in [5, 5.41) is 19.0. The molecule has 0 bridgehead atoms. The molecule has 2 aromatic heterocycles. The number of piperidine rings is 1. The maximum absolute atomic E-state index is 14.0. The minimum absolute atomic E-state index is 0.0127. The van der Waals surface area contributed by atoms with Crippen LogP contribution in [-0.4, -0.2) is 93.0 Å². The van der Waals surface area contributed by atoms with Crippen LogP contribution in [0.5, 0.6) is 0 Å². The highest BCUT2D eigenvalue weighted by molar-refractivity contribution is 6.35. The van der Waals surface area contributed by atoms with E-state index in [1.54, 1.807) is 65.7 Å². The molecular weight excluding hydrogens is 725 g/mol. The number of hydrogen-bond donors (Lipinski definition) is 3. The van der Waals surface area contributed by atoms with Crippen LogP contribution in [0.1, 0.15) is 48.0 Å². The van der Waals surface area contributed by atoms with E-state index in [4.69, 9.17) is 11.6 Å². The number of rotatable bonds is 14. The molecule has 1 fully saturated rings. The largest absolute Gasteiger partial charge is 0.388 e. The highest BCUT2D eigenvalue weighted by atomic mass is 35.5. The fourth-order valence-electron chi connectivity index (χ4n) is 6.90. The van der Waals surface area contributed by atoms with Crippen molar-refractivity contribution in [2.75, 3.05) is 45.6 Å². The van der Waals surface area contributed by atoms with Gasteiger partial charge in [0, 0.05) is 61.4 Å². The van der Waals surface area contributed by atoms with Crippen molar-refractivity contribution in [3.05, 3.63) is 112 Å². The van der Waals surface area contributed by atoms with E-state index in [-0.39, 0.29) is 48.5 Å². The van der Waals surface area contributed by atoms with E-state index in [0.29, 0.717) is 84.6 Å². The third-order valence-corrected chi connectivity index (χ3v) is 10.4. The van der Waals surface area contributed by atoms with E-state index in [1.807, 2.05) is 19.0 Å². The first-order valence-electron chi connectivity index (χ1n) is 18.4. The minimum Gasteiger partial charge on any atom is -0.388 e. The van der Waals surface area contributed by atoms with Gasteiger partial charge < -0.3 is 25.5 Å². The highest BCUT2D eigenvalue weighted by Crippen LogP contribution is 2.28. The summed E-state index contributed by atoms with van der Waals surface area (Å²) in [6.45, 7) is 1.54. The summed E-state index contributed by atoms with van der Waals surface area (Å²) in [7, 11) is 3.78. The molecule has 0 radical (unpaired) electrons. The Hall–Kier alpha value is -5.24. The van der Waals surface area contributed by atoms with E-state index < -0.39 is 11.5 Å². The predicted octanol–water partition coefficient (Wildman–Crippen LogP) is 5.05. The number of pyridine rings is 1. The van der Waals surface area contributed by atoms with E-state index in [1.165, 1.54) is 23.0 Å². The lowest BCUT2D eigenvalue weighted by Crippen LogP contribution is -2.51. The molecule has 3 N–H and O–H groups in total. The molecule has 3 amide bonds. The normalized spacial score (nSPS) is 14.6. The van der Waals surface area contributed by atoms with Gasteiger partial charge in [-0.3, -0.25) is 28.7 Å². The first kappa shape index (κ1) is 39.5. The number of anilines is 1. The second-order valence-corrected chi connectivity index (χ2v) is 14.9. The average molecular weight is 770 g/mol. The summed E-state index contributed by atoms with van der Waals surface area (Å²) in [5.74, 6) is -1.27. The van der Waals surface area contributed by atoms with Gasteiger partial charge in [-0.15, -0.1) is 0 Å². The molecular formula is C41H45ClFN7O5. The van der Waals surface area contributed by atoms with Crippen molar-refractivity contribution in [1.82, 2.24) is 29.7 Å². The number of halogens is 2. The van der Waals surface area contributed by atoms with Crippen LogP contribution in [0.3, 0.4) is 0 Å². The molecule has 3 aromatic carbocycles. The smallest absolute Gasteiger partial charge is 0.261 e. The van der Waals surface area contributed by atoms with Crippen LogP contribution in [-0.2, 0) is 22.6 Å². The van der Waals surface area contributed by atoms with Gasteiger partial charge in [0.15, 0.2) is 0 Å². The van der Waals surface area contributed by atoms with Gasteiger partial charge in [0.05, 0.1) is 39.9 Å². The number of nitrogens with one attached hydrogen (secondary N) is 2. The number of likely N-dealkylation sites (tertiary alicyclic amines) is 1. The number of benzene rings is 3. The van der Waals surface area contributed by atoms with Crippen LogP contribution in [0, 0.1) is 11.7 Å². The number of fused-ring (bicyclic) bond motifs is 2. The van der Waals surface area contributed by atoms with E-state index in [0.717, 1.165) is 10.9 Å². The first-order chi connectivity index (χ1) is 26.4. The zero-order chi connectivity index (χ0) is 39.1. The van der Waals surface area contributed by atoms with E-state index in [2.05, 4.69) is 20.6 Å². The van der Waals surface area contributed by atoms with E-state index in [9.17, 15) is 28.7 Å². The monoisotopic (exact) mass is 769 g/mol. The lowest BCUT2D eigenvalue weighted by Gasteiger charge is -2.39. The Morgan fingerprint density at radius 1 is 0.982 bits per heavy atom. The SMILES string of the molecule is CN(C)CCC(=O)Nc1ccc2c(=O)n(CC3(O)CCN(C(=O)C(CCCNC(=O)c4ccc5c(Cl)ccnc5c4)Cc4ccc(F)cc4)CC3)cnc2c1. The molecule has 1 aliphatic rings. The number of carbonyl (C=O) groups excluding carboxylic acids is 3. The molecule has 3 heterocycles. The molecule has 1 saturated heterocycles. The van der Waals surface area contributed by atoms with E-state index >= 15 is 0 Å². The summed E-state index contributed by atoms with van der Waals surface area (Å²) in [4.78, 5) is 65.0. The van der Waals surface area contributed by atoms with Crippen molar-refractivity contribution >= 4 is 56.8 Å². The zero-order valence-electron chi connectivity index (χ0n) is 30.9. The van der Waals surface area contributed by atoms with Gasteiger partial charge in [-0.05, 0) is 100 Å². The Balaban J connectivity index is 1.06. The third-order valence-electron chi connectivity index (χ3n) is 10.1. The fraction of sp³-hybridized carbons (Fsp3) is 0.366. The number of aliphatic hydroxyl groups is 1. The van der Waals surface area contributed by atoms with Gasteiger partial charge in [-0.2, -0.15) is 0 Å². The van der Waals surface area contributed by atoms with Crippen LogP contribution >= 0.6 is 11.6 Å².